The molecule has 0 aliphatic rings. The highest BCUT2D eigenvalue weighted by atomic mass is 35.5. The van der Waals surface area contributed by atoms with Crippen LogP contribution in [0.5, 0.6) is 5.75 Å². The van der Waals surface area contributed by atoms with Gasteiger partial charge in [0.25, 0.3) is 0 Å². The number of hydrogen-bond acceptors (Lipinski definition) is 2. The van der Waals surface area contributed by atoms with Gasteiger partial charge in [-0.25, -0.2) is 0 Å². The van der Waals surface area contributed by atoms with E-state index < -0.39 is 25.1 Å². The first-order chi connectivity index (χ1) is 7.83. The molecule has 1 aromatic rings. The zero-order chi connectivity index (χ0) is 13.1. The SMILES string of the molecule is COc1ccc(Cl)cc1C(O)CCC(F)(F)F. The standard InChI is InChI=1S/C11H12ClF3O2/c1-17-10-3-2-7(12)6-8(10)9(16)4-5-11(13,14)15/h2-3,6,9,16H,4-5H2,1H3. The molecule has 1 rings (SSSR count). The van der Waals surface area contributed by atoms with Gasteiger partial charge in [-0.1, -0.05) is 11.6 Å². The van der Waals surface area contributed by atoms with E-state index in [9.17, 15) is 18.3 Å². The van der Waals surface area contributed by atoms with Crippen molar-refractivity contribution < 1.29 is 23.0 Å². The summed E-state index contributed by atoms with van der Waals surface area (Å²) in [6.07, 6.45) is -7.00. The van der Waals surface area contributed by atoms with Crippen LogP contribution in [-0.4, -0.2) is 18.4 Å². The Morgan fingerprint density at radius 2 is 2.06 bits per heavy atom. The molecule has 0 amide bonds. The van der Waals surface area contributed by atoms with Crippen LogP contribution >= 0.6 is 11.6 Å². The van der Waals surface area contributed by atoms with E-state index in [1.54, 1.807) is 6.07 Å². The number of alkyl halides is 3. The predicted molar refractivity (Wildman–Crippen MR) is 58.3 cm³/mol. The van der Waals surface area contributed by atoms with E-state index in [1.807, 2.05) is 0 Å². The van der Waals surface area contributed by atoms with Gasteiger partial charge in [-0.3, -0.25) is 0 Å². The summed E-state index contributed by atoms with van der Waals surface area (Å²) in [5.41, 5.74) is 0.268. The first-order valence-corrected chi connectivity index (χ1v) is 5.29. The Hall–Kier alpha value is -0.940. The van der Waals surface area contributed by atoms with Gasteiger partial charge in [0.1, 0.15) is 5.75 Å². The average Bonchev–Trinajstić information content (AvgIpc) is 2.25. The first-order valence-electron chi connectivity index (χ1n) is 4.92. The van der Waals surface area contributed by atoms with Crippen LogP contribution in [0.3, 0.4) is 0 Å². The predicted octanol–water partition coefficient (Wildman–Crippen LogP) is 3.72. The Bertz CT molecular complexity index is 379. The highest BCUT2D eigenvalue weighted by Gasteiger charge is 2.28. The molecule has 0 spiro atoms. The molecule has 0 heterocycles. The Balaban J connectivity index is 2.80. The lowest BCUT2D eigenvalue weighted by atomic mass is 10.0. The van der Waals surface area contributed by atoms with Crippen LogP contribution in [0.1, 0.15) is 24.5 Å². The summed E-state index contributed by atoms with van der Waals surface area (Å²) in [6.45, 7) is 0. The number of methoxy groups -OCH3 is 1. The molecule has 0 aliphatic heterocycles. The number of halogens is 4. The quantitative estimate of drug-likeness (QED) is 0.902. The summed E-state index contributed by atoms with van der Waals surface area (Å²) in [6, 6.07) is 4.45. The van der Waals surface area contributed by atoms with Crippen molar-refractivity contribution in [2.24, 2.45) is 0 Å². The van der Waals surface area contributed by atoms with Gasteiger partial charge in [-0.15, -0.1) is 0 Å². The second kappa shape index (κ2) is 5.60. The molecule has 1 atom stereocenters. The van der Waals surface area contributed by atoms with Crippen molar-refractivity contribution in [3.8, 4) is 5.75 Å². The average molecular weight is 269 g/mol. The topological polar surface area (TPSA) is 29.5 Å². The van der Waals surface area contributed by atoms with Crippen molar-refractivity contribution in [3.05, 3.63) is 28.8 Å². The van der Waals surface area contributed by atoms with Crippen LogP contribution in [0.25, 0.3) is 0 Å². The minimum Gasteiger partial charge on any atom is -0.496 e. The summed E-state index contributed by atoms with van der Waals surface area (Å²) in [7, 11) is 1.38. The maximum atomic E-state index is 12.0. The largest absolute Gasteiger partial charge is 0.496 e. The van der Waals surface area contributed by atoms with Crippen LogP contribution in [-0.2, 0) is 0 Å². The molecule has 0 saturated heterocycles. The summed E-state index contributed by atoms with van der Waals surface area (Å²) in [4.78, 5) is 0. The van der Waals surface area contributed by atoms with E-state index in [0.717, 1.165) is 0 Å². The number of aliphatic hydroxyl groups excluding tert-OH is 1. The molecule has 6 heteroatoms. The normalized spacial score (nSPS) is 13.5. The smallest absolute Gasteiger partial charge is 0.389 e. The second-order valence-electron chi connectivity index (χ2n) is 3.56. The molecule has 2 nitrogen and oxygen atoms in total. The van der Waals surface area contributed by atoms with Gasteiger partial charge in [-0.05, 0) is 24.6 Å². The monoisotopic (exact) mass is 268 g/mol. The van der Waals surface area contributed by atoms with Crippen molar-refractivity contribution in [2.45, 2.75) is 25.1 Å². The van der Waals surface area contributed by atoms with Crippen LogP contribution in [0.4, 0.5) is 13.2 Å². The molecule has 0 radical (unpaired) electrons. The second-order valence-corrected chi connectivity index (χ2v) is 3.99. The lowest BCUT2D eigenvalue weighted by Crippen LogP contribution is -2.10. The third kappa shape index (κ3) is 4.44. The van der Waals surface area contributed by atoms with Crippen molar-refractivity contribution >= 4 is 11.6 Å². The summed E-state index contributed by atoms with van der Waals surface area (Å²) in [5, 5.41) is 10.0. The Morgan fingerprint density at radius 3 is 2.59 bits per heavy atom. The molecule has 0 aromatic heterocycles. The van der Waals surface area contributed by atoms with Crippen LogP contribution in [0.15, 0.2) is 18.2 Å². The highest BCUT2D eigenvalue weighted by Crippen LogP contribution is 2.33. The van der Waals surface area contributed by atoms with E-state index in [2.05, 4.69) is 0 Å². The zero-order valence-electron chi connectivity index (χ0n) is 9.09. The number of rotatable bonds is 4. The van der Waals surface area contributed by atoms with E-state index in [-0.39, 0.29) is 5.56 Å². The molecular formula is C11H12ClF3O2. The molecular weight excluding hydrogens is 257 g/mol. The molecule has 0 fully saturated rings. The highest BCUT2D eigenvalue weighted by molar-refractivity contribution is 6.30. The molecule has 1 aromatic carbocycles. The first kappa shape index (κ1) is 14.1. The Kier molecular flexibility index (Phi) is 4.65. The maximum Gasteiger partial charge on any atom is 0.389 e. The maximum absolute atomic E-state index is 12.0. The molecule has 0 aliphatic carbocycles. The van der Waals surface area contributed by atoms with Crippen LogP contribution < -0.4 is 4.74 Å². The molecule has 0 saturated carbocycles. The fourth-order valence-electron chi connectivity index (χ4n) is 1.42. The Morgan fingerprint density at radius 1 is 1.41 bits per heavy atom. The summed E-state index contributed by atoms with van der Waals surface area (Å²) < 4.78 is 41.0. The number of aliphatic hydroxyl groups is 1. The van der Waals surface area contributed by atoms with Crippen molar-refractivity contribution in [3.63, 3.8) is 0 Å². The minimum absolute atomic E-state index is 0.268. The van der Waals surface area contributed by atoms with Gasteiger partial charge in [-0.2, -0.15) is 13.2 Å². The molecule has 1 N–H and O–H groups in total. The fraction of sp³-hybridized carbons (Fsp3) is 0.455. The lowest BCUT2D eigenvalue weighted by Gasteiger charge is -2.16. The van der Waals surface area contributed by atoms with Crippen molar-refractivity contribution in [2.75, 3.05) is 7.11 Å². The Labute approximate surface area is 102 Å². The molecule has 0 bridgehead atoms. The van der Waals surface area contributed by atoms with Crippen molar-refractivity contribution in [1.82, 2.24) is 0 Å². The molecule has 96 valence electrons. The fourth-order valence-corrected chi connectivity index (χ4v) is 1.60. The van der Waals surface area contributed by atoms with Gasteiger partial charge >= 0.3 is 6.18 Å². The third-order valence-corrected chi connectivity index (χ3v) is 2.49. The van der Waals surface area contributed by atoms with Crippen molar-refractivity contribution in [1.29, 1.82) is 0 Å². The summed E-state index contributed by atoms with van der Waals surface area (Å²) in [5.74, 6) is 0.323. The number of hydrogen-bond donors (Lipinski definition) is 1. The zero-order valence-corrected chi connectivity index (χ0v) is 9.85. The summed E-state index contributed by atoms with van der Waals surface area (Å²) >= 11 is 5.72. The number of ether oxygens (including phenoxy) is 1. The van der Waals surface area contributed by atoms with Crippen LogP contribution in [0.2, 0.25) is 5.02 Å². The van der Waals surface area contributed by atoms with Gasteiger partial charge in [0.05, 0.1) is 13.2 Å². The molecule has 1 unspecified atom stereocenters. The van der Waals surface area contributed by atoms with Gasteiger partial charge in [0.15, 0.2) is 0 Å². The van der Waals surface area contributed by atoms with E-state index in [1.165, 1.54) is 19.2 Å². The molecule has 17 heavy (non-hydrogen) atoms. The van der Waals surface area contributed by atoms with Crippen LogP contribution in [0, 0.1) is 0 Å². The van der Waals surface area contributed by atoms with E-state index >= 15 is 0 Å². The third-order valence-electron chi connectivity index (χ3n) is 2.25. The van der Waals surface area contributed by atoms with E-state index in [4.69, 9.17) is 16.3 Å². The van der Waals surface area contributed by atoms with Gasteiger partial charge in [0.2, 0.25) is 0 Å². The van der Waals surface area contributed by atoms with Gasteiger partial charge < -0.3 is 9.84 Å². The van der Waals surface area contributed by atoms with E-state index in [0.29, 0.717) is 10.8 Å². The minimum atomic E-state index is -4.28. The van der Waals surface area contributed by atoms with Gasteiger partial charge in [0, 0.05) is 17.0 Å². The number of benzene rings is 1. The lowest BCUT2D eigenvalue weighted by molar-refractivity contribution is -0.140.